The molecule has 0 radical (unpaired) electrons. The van der Waals surface area contributed by atoms with Crippen molar-refractivity contribution in [1.29, 1.82) is 0 Å². The van der Waals surface area contributed by atoms with E-state index in [4.69, 9.17) is 0 Å². The molecule has 0 aromatic carbocycles. The van der Waals surface area contributed by atoms with Crippen molar-refractivity contribution in [3.05, 3.63) is 18.7 Å². The molecule has 0 N–H and O–H groups in total. The van der Waals surface area contributed by atoms with E-state index in [1.54, 1.807) is 0 Å². The molecule has 0 aliphatic rings. The highest BCUT2D eigenvalue weighted by Gasteiger charge is 2.26. The van der Waals surface area contributed by atoms with Crippen LogP contribution in [0.1, 0.15) is 47.1 Å². The lowest BCUT2D eigenvalue weighted by atomic mass is 9.82. The first-order valence-corrected chi connectivity index (χ1v) is 5.38. The maximum absolute atomic E-state index is 4.13. The Morgan fingerprint density at radius 2 is 1.93 bits per heavy atom. The van der Waals surface area contributed by atoms with Crippen LogP contribution in [0.3, 0.4) is 0 Å². The lowest BCUT2D eigenvalue weighted by molar-refractivity contribution is 0.207. The first-order chi connectivity index (χ1) is 6.41. The van der Waals surface area contributed by atoms with Crippen LogP contribution in [0, 0.1) is 11.3 Å². The van der Waals surface area contributed by atoms with Gasteiger partial charge in [0.15, 0.2) is 0 Å². The van der Waals surface area contributed by atoms with E-state index in [9.17, 15) is 0 Å². The molecule has 0 saturated heterocycles. The molecule has 1 aromatic heterocycles. The van der Waals surface area contributed by atoms with Gasteiger partial charge in [0.1, 0.15) is 0 Å². The topological polar surface area (TPSA) is 17.8 Å². The molecule has 1 unspecified atom stereocenters. The van der Waals surface area contributed by atoms with Crippen LogP contribution in [0.25, 0.3) is 0 Å². The average molecular weight is 194 g/mol. The maximum atomic E-state index is 4.13. The van der Waals surface area contributed by atoms with Crippen LogP contribution in [0.15, 0.2) is 18.7 Å². The Balaban J connectivity index is 2.83. The molecular formula is C12H22N2. The van der Waals surface area contributed by atoms with Crippen LogP contribution < -0.4 is 0 Å². The van der Waals surface area contributed by atoms with Gasteiger partial charge < -0.3 is 4.57 Å². The quantitative estimate of drug-likeness (QED) is 0.720. The summed E-state index contributed by atoms with van der Waals surface area (Å²) in [5.41, 5.74) is 0.297. The van der Waals surface area contributed by atoms with Crippen LogP contribution in [-0.2, 0) is 0 Å². The van der Waals surface area contributed by atoms with Gasteiger partial charge in [0.2, 0.25) is 0 Å². The van der Waals surface area contributed by atoms with E-state index in [0.717, 1.165) is 5.92 Å². The van der Waals surface area contributed by atoms with E-state index in [2.05, 4.69) is 50.4 Å². The highest BCUT2D eigenvalue weighted by Crippen LogP contribution is 2.35. The monoisotopic (exact) mass is 194 g/mol. The molecule has 0 saturated carbocycles. The fourth-order valence-electron chi connectivity index (χ4n) is 1.82. The van der Waals surface area contributed by atoms with Crippen molar-refractivity contribution < 1.29 is 0 Å². The zero-order valence-corrected chi connectivity index (χ0v) is 9.99. The summed E-state index contributed by atoms with van der Waals surface area (Å²) in [7, 11) is 0. The summed E-state index contributed by atoms with van der Waals surface area (Å²) in [6, 6.07) is 0.546. The summed E-state index contributed by atoms with van der Waals surface area (Å²) >= 11 is 0. The number of nitrogens with zero attached hydrogens (tertiary/aromatic N) is 2. The highest BCUT2D eigenvalue weighted by atomic mass is 15.1. The van der Waals surface area contributed by atoms with E-state index >= 15 is 0 Å². The molecular weight excluding hydrogens is 172 g/mol. The Morgan fingerprint density at radius 1 is 1.29 bits per heavy atom. The molecule has 14 heavy (non-hydrogen) atoms. The van der Waals surface area contributed by atoms with Crippen LogP contribution in [0.5, 0.6) is 0 Å². The number of rotatable bonds is 3. The Hall–Kier alpha value is -0.790. The predicted molar refractivity (Wildman–Crippen MR) is 60.2 cm³/mol. The average Bonchev–Trinajstić information content (AvgIpc) is 2.49. The largest absolute Gasteiger partial charge is 0.334 e. The summed E-state index contributed by atoms with van der Waals surface area (Å²) in [4.78, 5) is 4.13. The van der Waals surface area contributed by atoms with Gasteiger partial charge in [0.25, 0.3) is 0 Å². The minimum absolute atomic E-state index is 0.297. The van der Waals surface area contributed by atoms with Crippen molar-refractivity contribution in [1.82, 2.24) is 9.55 Å². The third-order valence-electron chi connectivity index (χ3n) is 2.58. The first kappa shape index (κ1) is 11.3. The molecule has 2 heteroatoms. The fourth-order valence-corrected chi connectivity index (χ4v) is 1.82. The second kappa shape index (κ2) is 4.16. The van der Waals surface area contributed by atoms with Gasteiger partial charge in [0.05, 0.1) is 6.33 Å². The summed E-state index contributed by atoms with van der Waals surface area (Å²) in [5, 5.41) is 0. The normalized spacial score (nSPS) is 14.7. The van der Waals surface area contributed by atoms with E-state index in [1.807, 2.05) is 12.5 Å². The molecule has 1 heterocycles. The van der Waals surface area contributed by atoms with Crippen molar-refractivity contribution in [2.75, 3.05) is 0 Å². The minimum Gasteiger partial charge on any atom is -0.334 e. The fraction of sp³-hybridized carbons (Fsp3) is 0.750. The lowest BCUT2D eigenvalue weighted by Crippen LogP contribution is -2.25. The van der Waals surface area contributed by atoms with Crippen LogP contribution in [0.4, 0.5) is 0 Å². The molecule has 0 fully saturated rings. The number of hydrogen-bond acceptors (Lipinski definition) is 1. The number of hydrogen-bond donors (Lipinski definition) is 0. The van der Waals surface area contributed by atoms with Gasteiger partial charge in [-0.25, -0.2) is 4.98 Å². The van der Waals surface area contributed by atoms with Crippen molar-refractivity contribution in [2.24, 2.45) is 11.3 Å². The van der Waals surface area contributed by atoms with Crippen molar-refractivity contribution in [3.8, 4) is 0 Å². The van der Waals surface area contributed by atoms with E-state index in [1.165, 1.54) is 6.42 Å². The standard InChI is InChI=1S/C12H22N2/c1-10(2)8-11(12(3,4)5)14-7-6-13-9-14/h6-7,9-11H,8H2,1-5H3. The number of aromatic nitrogens is 2. The molecule has 1 atom stereocenters. The summed E-state index contributed by atoms with van der Waals surface area (Å²) < 4.78 is 2.24. The Kier molecular flexibility index (Phi) is 3.35. The second-order valence-corrected chi connectivity index (χ2v) is 5.52. The molecule has 0 aliphatic heterocycles. The van der Waals surface area contributed by atoms with Gasteiger partial charge in [-0.2, -0.15) is 0 Å². The smallest absolute Gasteiger partial charge is 0.0948 e. The molecule has 0 spiro atoms. The molecule has 0 amide bonds. The van der Waals surface area contributed by atoms with Crippen molar-refractivity contribution in [2.45, 2.75) is 47.1 Å². The summed E-state index contributed by atoms with van der Waals surface area (Å²) in [5.74, 6) is 0.724. The van der Waals surface area contributed by atoms with Gasteiger partial charge in [-0.3, -0.25) is 0 Å². The van der Waals surface area contributed by atoms with E-state index in [-0.39, 0.29) is 0 Å². The van der Waals surface area contributed by atoms with Crippen LogP contribution in [0.2, 0.25) is 0 Å². The van der Waals surface area contributed by atoms with Gasteiger partial charge in [-0.1, -0.05) is 34.6 Å². The van der Waals surface area contributed by atoms with Gasteiger partial charge in [-0.15, -0.1) is 0 Å². The van der Waals surface area contributed by atoms with Crippen molar-refractivity contribution in [3.63, 3.8) is 0 Å². The Bertz CT molecular complexity index is 254. The number of imidazole rings is 1. The lowest BCUT2D eigenvalue weighted by Gasteiger charge is -2.33. The maximum Gasteiger partial charge on any atom is 0.0948 e. The third kappa shape index (κ3) is 2.86. The van der Waals surface area contributed by atoms with E-state index in [0.29, 0.717) is 11.5 Å². The second-order valence-electron chi connectivity index (χ2n) is 5.52. The minimum atomic E-state index is 0.297. The third-order valence-corrected chi connectivity index (χ3v) is 2.58. The molecule has 80 valence electrons. The zero-order valence-electron chi connectivity index (χ0n) is 9.99. The Labute approximate surface area is 87.4 Å². The SMILES string of the molecule is CC(C)CC(n1ccnc1)C(C)(C)C. The first-order valence-electron chi connectivity index (χ1n) is 5.38. The summed E-state index contributed by atoms with van der Waals surface area (Å²) in [6.07, 6.45) is 7.06. The molecule has 1 rings (SSSR count). The molecule has 2 nitrogen and oxygen atoms in total. The van der Waals surface area contributed by atoms with Gasteiger partial charge in [-0.05, 0) is 17.8 Å². The summed E-state index contributed by atoms with van der Waals surface area (Å²) in [6.45, 7) is 11.4. The van der Waals surface area contributed by atoms with E-state index < -0.39 is 0 Å². The van der Waals surface area contributed by atoms with Gasteiger partial charge >= 0.3 is 0 Å². The van der Waals surface area contributed by atoms with Crippen LogP contribution >= 0.6 is 0 Å². The zero-order chi connectivity index (χ0) is 10.8. The molecule has 0 bridgehead atoms. The Morgan fingerprint density at radius 3 is 2.29 bits per heavy atom. The molecule has 0 aliphatic carbocycles. The predicted octanol–water partition coefficient (Wildman–Crippen LogP) is 3.52. The highest BCUT2D eigenvalue weighted by molar-refractivity contribution is 4.87. The van der Waals surface area contributed by atoms with Crippen LogP contribution in [-0.4, -0.2) is 9.55 Å². The molecule has 1 aromatic rings. The van der Waals surface area contributed by atoms with Gasteiger partial charge in [0, 0.05) is 18.4 Å². The van der Waals surface area contributed by atoms with Crippen molar-refractivity contribution >= 4 is 0 Å².